The molecule has 0 saturated carbocycles. The second-order valence-electron chi connectivity index (χ2n) is 15.6. The first-order valence-corrected chi connectivity index (χ1v) is 20.8. The van der Waals surface area contributed by atoms with Crippen molar-refractivity contribution >= 4 is 43.7 Å². The fourth-order valence-electron chi connectivity index (χ4n) is 8.88. The zero-order chi connectivity index (χ0) is 41.0. The van der Waals surface area contributed by atoms with E-state index in [1.807, 2.05) is 60.7 Å². The molecule has 0 spiro atoms. The molecule has 12 rings (SSSR count). The average Bonchev–Trinajstić information content (AvgIpc) is 3.91. The van der Waals surface area contributed by atoms with Gasteiger partial charge in [-0.2, -0.15) is 0 Å². The van der Waals surface area contributed by atoms with E-state index in [9.17, 15) is 0 Å². The highest BCUT2D eigenvalue weighted by atomic mass is 16.3. The van der Waals surface area contributed by atoms with Gasteiger partial charge in [0.1, 0.15) is 5.58 Å². The van der Waals surface area contributed by atoms with Crippen LogP contribution in [-0.4, -0.2) is 19.5 Å². The third-order valence-electron chi connectivity index (χ3n) is 11.8. The van der Waals surface area contributed by atoms with Crippen LogP contribution in [0.2, 0.25) is 0 Å². The summed E-state index contributed by atoms with van der Waals surface area (Å²) in [7, 11) is 0. The highest BCUT2D eigenvalue weighted by molar-refractivity contribution is 6.23. The largest absolute Gasteiger partial charge is 0.453 e. The predicted octanol–water partition coefficient (Wildman–Crippen LogP) is 14.9. The van der Waals surface area contributed by atoms with Gasteiger partial charge in [-0.1, -0.05) is 164 Å². The molecule has 0 aliphatic rings. The van der Waals surface area contributed by atoms with Crippen molar-refractivity contribution in [3.05, 3.63) is 218 Å². The van der Waals surface area contributed by atoms with E-state index in [4.69, 9.17) is 19.4 Å². The summed E-state index contributed by atoms with van der Waals surface area (Å²) in [5, 5.41) is 4.28. The standard InChI is InChI=1S/C57H36N4O/c1-6-18-37(19-7-1)41-32-42(38-20-8-2-9-21-38)34-43(33-41)44-35-49-48-31-30-47-46-28-16-17-29-51(46)61(45-26-14-5-15-27-45)52(47)54(48)62-53(49)50(36-44)57-59-55(39-22-10-3-11-23-39)58-56(60-57)40-24-12-4-13-25-40/h1-36H. The van der Waals surface area contributed by atoms with Crippen LogP contribution < -0.4 is 0 Å². The van der Waals surface area contributed by atoms with E-state index < -0.39 is 0 Å². The molecule has 9 aromatic carbocycles. The Morgan fingerprint density at radius 2 is 0.758 bits per heavy atom. The topological polar surface area (TPSA) is 56.7 Å². The molecule has 0 bridgehead atoms. The van der Waals surface area contributed by atoms with Gasteiger partial charge in [0.15, 0.2) is 23.1 Å². The Hall–Kier alpha value is -8.41. The van der Waals surface area contributed by atoms with Crippen molar-refractivity contribution in [2.24, 2.45) is 0 Å². The lowest BCUT2D eigenvalue weighted by atomic mass is 9.92. The second-order valence-corrected chi connectivity index (χ2v) is 15.6. The molecule has 0 radical (unpaired) electrons. The maximum Gasteiger partial charge on any atom is 0.167 e. The number of fused-ring (bicyclic) bond motifs is 7. The molecule has 0 aliphatic carbocycles. The van der Waals surface area contributed by atoms with Gasteiger partial charge in [-0.15, -0.1) is 0 Å². The van der Waals surface area contributed by atoms with E-state index in [0.29, 0.717) is 23.1 Å². The van der Waals surface area contributed by atoms with E-state index in [-0.39, 0.29) is 0 Å². The maximum atomic E-state index is 7.29. The van der Waals surface area contributed by atoms with Crippen molar-refractivity contribution in [2.45, 2.75) is 0 Å². The lowest BCUT2D eigenvalue weighted by Gasteiger charge is -2.13. The summed E-state index contributed by atoms with van der Waals surface area (Å²) in [6, 6.07) is 76.3. The second kappa shape index (κ2) is 14.7. The minimum Gasteiger partial charge on any atom is -0.453 e. The van der Waals surface area contributed by atoms with Crippen molar-refractivity contribution in [2.75, 3.05) is 0 Å². The van der Waals surface area contributed by atoms with Crippen molar-refractivity contribution in [3.63, 3.8) is 0 Å². The molecule has 0 atom stereocenters. The Balaban J connectivity index is 1.20. The smallest absolute Gasteiger partial charge is 0.167 e. The lowest BCUT2D eigenvalue weighted by Crippen LogP contribution is -2.00. The molecule has 0 amide bonds. The van der Waals surface area contributed by atoms with Gasteiger partial charge in [-0.05, 0) is 88.0 Å². The summed E-state index contributed by atoms with van der Waals surface area (Å²) in [5.41, 5.74) is 14.0. The van der Waals surface area contributed by atoms with Crippen molar-refractivity contribution in [3.8, 4) is 73.2 Å². The third-order valence-corrected chi connectivity index (χ3v) is 11.8. The minimum absolute atomic E-state index is 0.533. The van der Waals surface area contributed by atoms with E-state index in [1.54, 1.807) is 0 Å². The number of hydrogen-bond donors (Lipinski definition) is 0. The summed E-state index contributed by atoms with van der Waals surface area (Å²) >= 11 is 0. The van der Waals surface area contributed by atoms with Crippen LogP contribution in [0, 0.1) is 0 Å². The molecule has 3 aromatic heterocycles. The molecule has 0 N–H and O–H groups in total. The van der Waals surface area contributed by atoms with Gasteiger partial charge >= 0.3 is 0 Å². The molecule has 0 aliphatic heterocycles. The van der Waals surface area contributed by atoms with Crippen LogP contribution in [-0.2, 0) is 0 Å². The molecule has 12 aromatic rings. The average molecular weight is 793 g/mol. The molecular formula is C57H36N4O. The first-order chi connectivity index (χ1) is 30.7. The van der Waals surface area contributed by atoms with Crippen LogP contribution in [0.15, 0.2) is 223 Å². The van der Waals surface area contributed by atoms with Gasteiger partial charge in [0.2, 0.25) is 0 Å². The van der Waals surface area contributed by atoms with Crippen molar-refractivity contribution < 1.29 is 4.42 Å². The van der Waals surface area contributed by atoms with Gasteiger partial charge in [-0.25, -0.2) is 15.0 Å². The Morgan fingerprint density at radius 3 is 1.34 bits per heavy atom. The Morgan fingerprint density at radius 1 is 0.306 bits per heavy atom. The van der Waals surface area contributed by atoms with Crippen molar-refractivity contribution in [1.82, 2.24) is 19.5 Å². The zero-order valence-corrected chi connectivity index (χ0v) is 33.5. The molecule has 62 heavy (non-hydrogen) atoms. The van der Waals surface area contributed by atoms with Crippen LogP contribution in [0.3, 0.4) is 0 Å². The molecule has 5 heteroatoms. The quantitative estimate of drug-likeness (QED) is 0.161. The number of hydrogen-bond acceptors (Lipinski definition) is 4. The van der Waals surface area contributed by atoms with Gasteiger partial charge in [0, 0.05) is 38.4 Å². The molecule has 3 heterocycles. The van der Waals surface area contributed by atoms with Crippen molar-refractivity contribution in [1.29, 1.82) is 0 Å². The highest BCUT2D eigenvalue weighted by Crippen LogP contribution is 2.45. The van der Waals surface area contributed by atoms with E-state index >= 15 is 0 Å². The van der Waals surface area contributed by atoms with Gasteiger partial charge in [-0.3, -0.25) is 0 Å². The third kappa shape index (κ3) is 6.06. The molecule has 290 valence electrons. The van der Waals surface area contributed by atoms with E-state index in [2.05, 4.69) is 162 Å². The Kier molecular flexibility index (Phi) is 8.42. The number of rotatable bonds is 7. The number of aromatic nitrogens is 4. The van der Waals surface area contributed by atoms with Crippen LogP contribution in [0.4, 0.5) is 0 Å². The Bertz CT molecular complexity index is 3480. The van der Waals surface area contributed by atoms with Gasteiger partial charge in [0.05, 0.1) is 16.6 Å². The Labute approximate surface area is 357 Å². The monoisotopic (exact) mass is 792 g/mol. The number of nitrogens with zero attached hydrogens (tertiary/aromatic N) is 4. The predicted molar refractivity (Wildman–Crippen MR) is 254 cm³/mol. The SMILES string of the molecule is c1ccc(-c2cc(-c3ccccc3)cc(-c3cc(-c4nc(-c5ccccc5)nc(-c5ccccc5)n4)c4oc5c(ccc6c7ccccc7n(-c7ccccc7)c65)c4c3)c2)cc1. The maximum absolute atomic E-state index is 7.29. The first kappa shape index (κ1) is 35.5. The molecule has 0 unspecified atom stereocenters. The number of para-hydroxylation sites is 2. The first-order valence-electron chi connectivity index (χ1n) is 20.8. The summed E-state index contributed by atoms with van der Waals surface area (Å²) in [5.74, 6) is 1.72. The minimum atomic E-state index is 0.533. The molecular weight excluding hydrogens is 757 g/mol. The molecule has 5 nitrogen and oxygen atoms in total. The van der Waals surface area contributed by atoms with Gasteiger partial charge < -0.3 is 8.98 Å². The summed E-state index contributed by atoms with van der Waals surface area (Å²) in [4.78, 5) is 15.6. The highest BCUT2D eigenvalue weighted by Gasteiger charge is 2.24. The summed E-state index contributed by atoms with van der Waals surface area (Å²) < 4.78 is 9.62. The normalized spacial score (nSPS) is 11.5. The summed E-state index contributed by atoms with van der Waals surface area (Å²) in [6.45, 7) is 0. The van der Waals surface area contributed by atoms with Crippen LogP contribution >= 0.6 is 0 Å². The van der Waals surface area contributed by atoms with E-state index in [0.717, 1.165) is 88.5 Å². The molecule has 0 saturated heterocycles. The van der Waals surface area contributed by atoms with E-state index in [1.165, 1.54) is 5.39 Å². The fraction of sp³-hybridized carbons (Fsp3) is 0. The van der Waals surface area contributed by atoms with Gasteiger partial charge in [0.25, 0.3) is 0 Å². The number of benzene rings is 9. The zero-order valence-electron chi connectivity index (χ0n) is 33.5. The number of furan rings is 1. The fourth-order valence-corrected chi connectivity index (χ4v) is 8.88. The molecule has 0 fully saturated rings. The van der Waals surface area contributed by atoms with Crippen LogP contribution in [0.5, 0.6) is 0 Å². The lowest BCUT2D eigenvalue weighted by molar-refractivity contribution is 0.671. The summed E-state index contributed by atoms with van der Waals surface area (Å²) in [6.07, 6.45) is 0. The van der Waals surface area contributed by atoms with Crippen LogP contribution in [0.1, 0.15) is 0 Å². The van der Waals surface area contributed by atoms with Crippen LogP contribution in [0.25, 0.3) is 117 Å².